The van der Waals surface area contributed by atoms with Gasteiger partial charge in [-0.3, -0.25) is 4.79 Å². The third-order valence-electron chi connectivity index (χ3n) is 4.05. The van der Waals surface area contributed by atoms with Gasteiger partial charge >= 0.3 is 0 Å². The third-order valence-corrected chi connectivity index (χ3v) is 4.05. The lowest BCUT2D eigenvalue weighted by Gasteiger charge is -2.37. The summed E-state index contributed by atoms with van der Waals surface area (Å²) in [5, 5.41) is 17.2. The Bertz CT molecular complexity index is 767. The number of nitriles is 1. The number of aromatic amines is 1. The average molecular weight is 313 g/mol. The fourth-order valence-corrected chi connectivity index (χ4v) is 2.93. The van der Waals surface area contributed by atoms with Crippen LogP contribution in [0.4, 0.5) is 0 Å². The van der Waals surface area contributed by atoms with Crippen molar-refractivity contribution in [1.29, 1.82) is 5.26 Å². The SMILES string of the molecule is Cc1nnc2n1CC(CN(C)C)N(C(=O)c1c[nH]c(C#N)c1)C2. The van der Waals surface area contributed by atoms with Gasteiger partial charge in [-0.2, -0.15) is 5.26 Å². The highest BCUT2D eigenvalue weighted by Crippen LogP contribution is 2.21. The average Bonchev–Trinajstić information content (AvgIpc) is 3.13. The van der Waals surface area contributed by atoms with E-state index in [2.05, 4.69) is 24.6 Å². The van der Waals surface area contributed by atoms with Crippen LogP contribution in [0.2, 0.25) is 0 Å². The number of H-pyrrole nitrogens is 1. The van der Waals surface area contributed by atoms with E-state index in [0.29, 0.717) is 24.3 Å². The molecule has 1 unspecified atom stereocenters. The number of hydrogen-bond donors (Lipinski definition) is 1. The molecule has 8 nitrogen and oxygen atoms in total. The Morgan fingerprint density at radius 2 is 2.30 bits per heavy atom. The normalized spacial score (nSPS) is 17.2. The zero-order valence-corrected chi connectivity index (χ0v) is 13.4. The number of carbonyl (C=O) groups is 1. The Kier molecular flexibility index (Phi) is 3.88. The molecule has 120 valence electrons. The Morgan fingerprint density at radius 3 is 2.96 bits per heavy atom. The summed E-state index contributed by atoms with van der Waals surface area (Å²) in [5.41, 5.74) is 0.878. The molecular formula is C15H19N7O. The van der Waals surface area contributed by atoms with Crippen LogP contribution >= 0.6 is 0 Å². The second-order valence-corrected chi connectivity index (χ2v) is 6.04. The van der Waals surface area contributed by atoms with Gasteiger partial charge in [0.1, 0.15) is 17.6 Å². The standard InChI is InChI=1S/C15H19N7O/c1-10-18-19-14-9-22(13(7-20(2)3)8-21(10)14)15(23)11-4-12(5-16)17-6-11/h4,6,13,17H,7-9H2,1-3H3. The highest BCUT2D eigenvalue weighted by atomic mass is 16.2. The lowest BCUT2D eigenvalue weighted by atomic mass is 10.1. The molecule has 0 radical (unpaired) electrons. The molecule has 0 aliphatic carbocycles. The first-order valence-electron chi connectivity index (χ1n) is 7.42. The fraction of sp³-hybridized carbons (Fsp3) is 0.467. The lowest BCUT2D eigenvalue weighted by Crippen LogP contribution is -2.50. The summed E-state index contributed by atoms with van der Waals surface area (Å²) in [6.07, 6.45) is 1.58. The number of aryl methyl sites for hydroxylation is 1. The Balaban J connectivity index is 1.91. The quantitative estimate of drug-likeness (QED) is 0.883. The summed E-state index contributed by atoms with van der Waals surface area (Å²) in [4.78, 5) is 19.5. The van der Waals surface area contributed by atoms with Gasteiger partial charge in [0.15, 0.2) is 5.82 Å². The number of nitrogens with zero attached hydrogens (tertiary/aromatic N) is 6. The molecule has 0 aromatic carbocycles. The molecule has 3 heterocycles. The summed E-state index contributed by atoms with van der Waals surface area (Å²) in [6.45, 7) is 3.77. The highest BCUT2D eigenvalue weighted by molar-refractivity contribution is 5.94. The number of rotatable bonds is 3. The minimum absolute atomic E-state index is 0.0279. The lowest BCUT2D eigenvalue weighted by molar-refractivity contribution is 0.0543. The van der Waals surface area contributed by atoms with Gasteiger partial charge in [0, 0.05) is 19.3 Å². The minimum Gasteiger partial charge on any atom is -0.352 e. The van der Waals surface area contributed by atoms with Crippen LogP contribution in [0.5, 0.6) is 0 Å². The maximum absolute atomic E-state index is 12.9. The summed E-state index contributed by atoms with van der Waals surface area (Å²) in [6, 6.07) is 3.62. The van der Waals surface area contributed by atoms with Crippen molar-refractivity contribution in [2.75, 3.05) is 20.6 Å². The maximum atomic E-state index is 12.9. The molecular weight excluding hydrogens is 294 g/mol. The van der Waals surface area contributed by atoms with Gasteiger partial charge in [0.05, 0.1) is 18.2 Å². The van der Waals surface area contributed by atoms with Crippen LogP contribution in [0.15, 0.2) is 12.3 Å². The first-order valence-corrected chi connectivity index (χ1v) is 7.42. The molecule has 23 heavy (non-hydrogen) atoms. The van der Waals surface area contributed by atoms with Gasteiger partial charge in [0.25, 0.3) is 5.91 Å². The van der Waals surface area contributed by atoms with E-state index in [0.717, 1.165) is 18.2 Å². The largest absolute Gasteiger partial charge is 0.352 e. The van der Waals surface area contributed by atoms with Gasteiger partial charge in [-0.25, -0.2) is 0 Å². The van der Waals surface area contributed by atoms with Gasteiger partial charge in [-0.15, -0.1) is 10.2 Å². The molecule has 0 bridgehead atoms. The first-order chi connectivity index (χ1) is 11.0. The number of aromatic nitrogens is 4. The van der Waals surface area contributed by atoms with Crippen molar-refractivity contribution in [3.63, 3.8) is 0 Å². The second kappa shape index (κ2) is 5.85. The molecule has 1 atom stereocenters. The van der Waals surface area contributed by atoms with Crippen molar-refractivity contribution in [2.45, 2.75) is 26.1 Å². The van der Waals surface area contributed by atoms with E-state index < -0.39 is 0 Å². The molecule has 2 aromatic heterocycles. The van der Waals surface area contributed by atoms with Gasteiger partial charge in [-0.05, 0) is 27.1 Å². The Hall–Kier alpha value is -2.66. The molecule has 0 fully saturated rings. The summed E-state index contributed by atoms with van der Waals surface area (Å²) < 4.78 is 2.07. The van der Waals surface area contributed by atoms with Crippen LogP contribution in [0, 0.1) is 18.3 Å². The van der Waals surface area contributed by atoms with E-state index in [9.17, 15) is 4.79 Å². The number of carbonyl (C=O) groups excluding carboxylic acids is 1. The molecule has 3 rings (SSSR count). The number of hydrogen-bond acceptors (Lipinski definition) is 5. The Labute approximate surface area is 134 Å². The summed E-state index contributed by atoms with van der Waals surface area (Å²) in [5.74, 6) is 1.56. The number of likely N-dealkylation sites (N-methyl/N-ethyl adjacent to an activating group) is 1. The van der Waals surface area contributed by atoms with E-state index in [1.807, 2.05) is 32.0 Å². The molecule has 0 spiro atoms. The van der Waals surface area contributed by atoms with Gasteiger partial charge in [-0.1, -0.05) is 0 Å². The van der Waals surface area contributed by atoms with E-state index in [1.165, 1.54) is 0 Å². The first kappa shape index (κ1) is 15.2. The van der Waals surface area contributed by atoms with Crippen LogP contribution < -0.4 is 0 Å². The molecule has 0 saturated heterocycles. The topological polar surface area (TPSA) is 93.8 Å². The fourth-order valence-electron chi connectivity index (χ4n) is 2.93. The number of amides is 1. The van der Waals surface area contributed by atoms with E-state index in [1.54, 1.807) is 12.3 Å². The van der Waals surface area contributed by atoms with Crippen molar-refractivity contribution in [1.82, 2.24) is 29.5 Å². The zero-order chi connectivity index (χ0) is 16.6. The van der Waals surface area contributed by atoms with Crippen molar-refractivity contribution < 1.29 is 4.79 Å². The molecule has 0 saturated carbocycles. The molecule has 8 heteroatoms. The van der Waals surface area contributed by atoms with Gasteiger partial charge < -0.3 is 19.4 Å². The highest BCUT2D eigenvalue weighted by Gasteiger charge is 2.33. The van der Waals surface area contributed by atoms with E-state index >= 15 is 0 Å². The van der Waals surface area contributed by atoms with Crippen LogP contribution in [0.25, 0.3) is 0 Å². The molecule has 2 aromatic rings. The van der Waals surface area contributed by atoms with Crippen LogP contribution in [-0.4, -0.2) is 62.1 Å². The monoisotopic (exact) mass is 313 g/mol. The smallest absolute Gasteiger partial charge is 0.256 e. The van der Waals surface area contributed by atoms with Crippen LogP contribution in [0.1, 0.15) is 27.7 Å². The zero-order valence-electron chi connectivity index (χ0n) is 13.4. The summed E-state index contributed by atoms with van der Waals surface area (Å²) in [7, 11) is 3.97. The van der Waals surface area contributed by atoms with E-state index in [4.69, 9.17) is 5.26 Å². The predicted octanol–water partition coefficient (Wildman–Crippen LogP) is 0.373. The van der Waals surface area contributed by atoms with Crippen molar-refractivity contribution in [3.05, 3.63) is 35.2 Å². The summed E-state index contributed by atoms with van der Waals surface area (Å²) >= 11 is 0. The van der Waals surface area contributed by atoms with E-state index in [-0.39, 0.29) is 11.9 Å². The van der Waals surface area contributed by atoms with Crippen molar-refractivity contribution >= 4 is 5.91 Å². The molecule has 1 aliphatic heterocycles. The molecule has 1 aliphatic rings. The number of nitrogens with one attached hydrogen (secondary N) is 1. The van der Waals surface area contributed by atoms with Crippen LogP contribution in [0.3, 0.4) is 0 Å². The molecule has 1 N–H and O–H groups in total. The minimum atomic E-state index is -0.0958. The Morgan fingerprint density at radius 1 is 1.52 bits per heavy atom. The van der Waals surface area contributed by atoms with Crippen LogP contribution in [-0.2, 0) is 13.1 Å². The molecule has 1 amide bonds. The van der Waals surface area contributed by atoms with Crippen molar-refractivity contribution in [2.24, 2.45) is 0 Å². The van der Waals surface area contributed by atoms with Crippen molar-refractivity contribution in [3.8, 4) is 6.07 Å². The third kappa shape index (κ3) is 2.83. The predicted molar refractivity (Wildman–Crippen MR) is 82.5 cm³/mol. The second-order valence-electron chi connectivity index (χ2n) is 6.04. The number of fused-ring (bicyclic) bond motifs is 1. The van der Waals surface area contributed by atoms with Gasteiger partial charge in [0.2, 0.25) is 0 Å². The maximum Gasteiger partial charge on any atom is 0.256 e.